The molecular weight excluding hydrogens is 334 g/mol. The van der Waals surface area contributed by atoms with Crippen molar-refractivity contribution < 1.29 is 9.53 Å². The number of amides is 1. The number of nitrogens with one attached hydrogen (secondary N) is 1. The minimum absolute atomic E-state index is 0.195. The summed E-state index contributed by atoms with van der Waals surface area (Å²) in [6.07, 6.45) is 1.76. The van der Waals surface area contributed by atoms with E-state index in [1.165, 1.54) is 11.3 Å². The molecule has 0 aliphatic carbocycles. The molecule has 126 valence electrons. The molecule has 5 nitrogen and oxygen atoms in total. The summed E-state index contributed by atoms with van der Waals surface area (Å²) in [5.74, 6) is 0.494. The number of thiazole rings is 1. The zero-order chi connectivity index (χ0) is 17.5. The Labute approximate surface area is 150 Å². The summed E-state index contributed by atoms with van der Waals surface area (Å²) in [7, 11) is 1.60. The van der Waals surface area contributed by atoms with Gasteiger partial charge in [-0.3, -0.25) is 4.79 Å². The van der Waals surface area contributed by atoms with Gasteiger partial charge in [0.05, 0.1) is 25.4 Å². The third-order valence-electron chi connectivity index (χ3n) is 3.46. The lowest BCUT2D eigenvalue weighted by molar-refractivity contribution is -0.120. The lowest BCUT2D eigenvalue weighted by atomic mass is 10.2. The number of methoxy groups -OCH3 is 1. The van der Waals surface area contributed by atoms with Crippen LogP contribution in [0, 0.1) is 0 Å². The summed E-state index contributed by atoms with van der Waals surface area (Å²) in [6.45, 7) is 0. The van der Waals surface area contributed by atoms with Gasteiger partial charge in [0.25, 0.3) is 0 Å². The summed E-state index contributed by atoms with van der Waals surface area (Å²) >= 11 is 1.46. The SMILES string of the molecule is COc1ccccc1/C=N\NC(=O)Cc1nc(-c2ccccc2)cs1. The first kappa shape index (κ1) is 16.9. The number of nitrogens with zero attached hydrogens (tertiary/aromatic N) is 2. The number of para-hydroxylation sites is 1. The normalized spacial score (nSPS) is 10.8. The third-order valence-corrected chi connectivity index (χ3v) is 4.31. The van der Waals surface area contributed by atoms with E-state index in [1.807, 2.05) is 60.0 Å². The predicted octanol–water partition coefficient (Wildman–Crippen LogP) is 3.51. The summed E-state index contributed by atoms with van der Waals surface area (Å²) in [4.78, 5) is 16.5. The second-order valence-corrected chi connectivity index (χ2v) is 6.15. The van der Waals surface area contributed by atoms with Crippen LogP contribution < -0.4 is 10.2 Å². The number of aromatic nitrogens is 1. The quantitative estimate of drug-likeness (QED) is 0.546. The minimum atomic E-state index is -0.208. The fraction of sp³-hybridized carbons (Fsp3) is 0.105. The molecule has 1 heterocycles. The van der Waals surface area contributed by atoms with Crippen LogP contribution in [-0.2, 0) is 11.2 Å². The van der Waals surface area contributed by atoms with Gasteiger partial charge < -0.3 is 4.74 Å². The van der Waals surface area contributed by atoms with E-state index in [0.29, 0.717) is 5.75 Å². The van der Waals surface area contributed by atoms with E-state index in [4.69, 9.17) is 4.74 Å². The van der Waals surface area contributed by atoms with Crippen molar-refractivity contribution in [1.29, 1.82) is 0 Å². The van der Waals surface area contributed by atoms with E-state index in [9.17, 15) is 4.79 Å². The Kier molecular flexibility index (Phi) is 5.53. The maximum Gasteiger partial charge on any atom is 0.246 e. The van der Waals surface area contributed by atoms with Crippen LogP contribution >= 0.6 is 11.3 Å². The fourth-order valence-corrected chi connectivity index (χ4v) is 3.06. The minimum Gasteiger partial charge on any atom is -0.496 e. The molecule has 1 aromatic heterocycles. The lowest BCUT2D eigenvalue weighted by Gasteiger charge is -2.03. The van der Waals surface area contributed by atoms with Gasteiger partial charge in [-0.05, 0) is 12.1 Å². The van der Waals surface area contributed by atoms with Gasteiger partial charge in [0, 0.05) is 16.5 Å². The van der Waals surface area contributed by atoms with Crippen LogP contribution in [0.4, 0.5) is 0 Å². The van der Waals surface area contributed by atoms with Crippen LogP contribution in [-0.4, -0.2) is 24.2 Å². The molecule has 1 amide bonds. The van der Waals surface area contributed by atoms with Crippen LogP contribution in [0.1, 0.15) is 10.6 Å². The van der Waals surface area contributed by atoms with Gasteiger partial charge in [0.1, 0.15) is 10.8 Å². The van der Waals surface area contributed by atoms with Crippen molar-refractivity contribution in [2.45, 2.75) is 6.42 Å². The Morgan fingerprint density at radius 1 is 1.20 bits per heavy atom. The highest BCUT2D eigenvalue weighted by Crippen LogP contribution is 2.21. The number of benzene rings is 2. The van der Waals surface area contributed by atoms with Crippen LogP contribution in [0.25, 0.3) is 11.3 Å². The van der Waals surface area contributed by atoms with Crippen LogP contribution in [0.3, 0.4) is 0 Å². The van der Waals surface area contributed by atoms with Crippen LogP contribution in [0.5, 0.6) is 5.75 Å². The number of hydrazone groups is 1. The van der Waals surface area contributed by atoms with Gasteiger partial charge in [-0.15, -0.1) is 11.3 Å². The average Bonchev–Trinajstić information content (AvgIpc) is 3.11. The van der Waals surface area contributed by atoms with Gasteiger partial charge in [-0.25, -0.2) is 10.4 Å². The maximum absolute atomic E-state index is 12.0. The second kappa shape index (κ2) is 8.21. The van der Waals surface area contributed by atoms with Crippen molar-refractivity contribution >= 4 is 23.5 Å². The van der Waals surface area contributed by atoms with E-state index >= 15 is 0 Å². The predicted molar refractivity (Wildman–Crippen MR) is 100.0 cm³/mol. The molecule has 6 heteroatoms. The molecule has 0 saturated carbocycles. The number of hydrogen-bond donors (Lipinski definition) is 1. The largest absolute Gasteiger partial charge is 0.496 e. The molecule has 3 rings (SSSR count). The van der Waals surface area contributed by atoms with Gasteiger partial charge >= 0.3 is 0 Å². The first-order valence-corrected chi connectivity index (χ1v) is 8.59. The topological polar surface area (TPSA) is 63.6 Å². The Hall–Kier alpha value is -2.99. The van der Waals surface area contributed by atoms with Crippen molar-refractivity contribution in [3.05, 3.63) is 70.5 Å². The highest BCUT2D eigenvalue weighted by atomic mass is 32.1. The molecule has 0 atom stereocenters. The van der Waals surface area contributed by atoms with Crippen molar-refractivity contribution in [2.24, 2.45) is 5.10 Å². The Bertz CT molecular complexity index is 875. The highest BCUT2D eigenvalue weighted by Gasteiger charge is 2.08. The van der Waals surface area contributed by atoms with Gasteiger partial charge in [-0.1, -0.05) is 42.5 Å². The first-order valence-electron chi connectivity index (χ1n) is 7.71. The first-order chi connectivity index (χ1) is 12.3. The van der Waals surface area contributed by atoms with Crippen LogP contribution in [0.15, 0.2) is 65.1 Å². The molecule has 25 heavy (non-hydrogen) atoms. The molecule has 0 bridgehead atoms. The van der Waals surface area contributed by atoms with E-state index in [2.05, 4.69) is 15.5 Å². The summed E-state index contributed by atoms with van der Waals surface area (Å²) < 4.78 is 5.23. The molecule has 0 aliphatic rings. The molecule has 2 aromatic carbocycles. The molecule has 1 N–H and O–H groups in total. The van der Waals surface area contributed by atoms with Gasteiger partial charge in [-0.2, -0.15) is 5.10 Å². The number of ether oxygens (including phenoxy) is 1. The molecule has 3 aromatic rings. The Morgan fingerprint density at radius 2 is 1.96 bits per heavy atom. The summed E-state index contributed by atoms with van der Waals surface area (Å²) in [6, 6.07) is 17.3. The number of hydrogen-bond acceptors (Lipinski definition) is 5. The molecule has 0 unspecified atom stereocenters. The van der Waals surface area contributed by atoms with Crippen molar-refractivity contribution in [2.75, 3.05) is 7.11 Å². The molecule has 0 aliphatic heterocycles. The summed E-state index contributed by atoms with van der Waals surface area (Å²) in [5, 5.41) is 6.69. The maximum atomic E-state index is 12.0. The Morgan fingerprint density at radius 3 is 2.76 bits per heavy atom. The van der Waals surface area contributed by atoms with Gasteiger partial charge in [0.15, 0.2) is 0 Å². The van der Waals surface area contributed by atoms with Crippen molar-refractivity contribution in [1.82, 2.24) is 10.4 Å². The van der Waals surface area contributed by atoms with Gasteiger partial charge in [0.2, 0.25) is 5.91 Å². The second-order valence-electron chi connectivity index (χ2n) is 5.20. The monoisotopic (exact) mass is 351 g/mol. The van der Waals surface area contributed by atoms with Crippen molar-refractivity contribution in [3.8, 4) is 17.0 Å². The zero-order valence-corrected chi connectivity index (χ0v) is 14.5. The van der Waals surface area contributed by atoms with E-state index in [-0.39, 0.29) is 12.3 Å². The summed E-state index contributed by atoms with van der Waals surface area (Å²) in [5.41, 5.74) is 5.24. The molecule has 0 spiro atoms. The molecular formula is C19H17N3O2S. The lowest BCUT2D eigenvalue weighted by Crippen LogP contribution is -2.19. The number of carbonyl (C=O) groups excluding carboxylic acids is 1. The average molecular weight is 351 g/mol. The third kappa shape index (κ3) is 4.51. The van der Waals surface area contributed by atoms with E-state index in [1.54, 1.807) is 13.3 Å². The smallest absolute Gasteiger partial charge is 0.246 e. The highest BCUT2D eigenvalue weighted by molar-refractivity contribution is 7.10. The molecule has 0 saturated heterocycles. The number of carbonyl (C=O) groups is 1. The van der Waals surface area contributed by atoms with E-state index in [0.717, 1.165) is 21.8 Å². The van der Waals surface area contributed by atoms with E-state index < -0.39 is 0 Å². The molecule has 0 radical (unpaired) electrons. The number of rotatable bonds is 6. The van der Waals surface area contributed by atoms with Crippen molar-refractivity contribution in [3.63, 3.8) is 0 Å². The fourth-order valence-electron chi connectivity index (χ4n) is 2.26. The zero-order valence-electron chi connectivity index (χ0n) is 13.7. The standard InChI is InChI=1S/C19H17N3O2S/c1-24-17-10-6-5-9-15(17)12-20-22-18(23)11-19-21-16(13-25-19)14-7-3-2-4-8-14/h2-10,12-13H,11H2,1H3,(H,22,23)/b20-12-. The Balaban J connectivity index is 1.58. The van der Waals surface area contributed by atoms with Crippen LogP contribution in [0.2, 0.25) is 0 Å². The molecule has 0 fully saturated rings.